The largest absolute Gasteiger partial charge is 0.497 e. The van der Waals surface area contributed by atoms with E-state index in [0.717, 1.165) is 32.3 Å². The van der Waals surface area contributed by atoms with E-state index in [2.05, 4.69) is 10.1 Å². The third kappa shape index (κ3) is 5.01. The van der Waals surface area contributed by atoms with Gasteiger partial charge in [-0.2, -0.15) is 5.10 Å². The fraction of sp³-hybridized carbons (Fsp3) is 0.281. The minimum absolute atomic E-state index is 0.324. The van der Waals surface area contributed by atoms with Gasteiger partial charge in [-0.05, 0) is 54.5 Å². The van der Waals surface area contributed by atoms with Crippen molar-refractivity contribution in [1.29, 1.82) is 0 Å². The summed E-state index contributed by atoms with van der Waals surface area (Å²) < 4.78 is 47.7. The van der Waals surface area contributed by atoms with Crippen LogP contribution in [0.5, 0.6) is 5.75 Å². The average molecular weight is 664 g/mol. The number of hydrogen-bond acceptors (Lipinski definition) is 9. The zero-order chi connectivity index (χ0) is 31.4. The normalized spacial score (nSPS) is 21.1. The first-order valence-electron chi connectivity index (χ1n) is 14.2. The van der Waals surface area contributed by atoms with E-state index < -0.39 is 26.3 Å². The Morgan fingerprint density at radius 3 is 2.62 bits per heavy atom. The summed E-state index contributed by atoms with van der Waals surface area (Å²) in [5.41, 5.74) is 2.28. The van der Waals surface area contributed by atoms with Crippen molar-refractivity contribution in [3.05, 3.63) is 107 Å². The SMILES string of the molecule is COc1ccc(COC2(c3ncc(-c4ccnc5c4ccn5S(=O)(=O)C4(C)C=C(Cl)C=CC4c4cnn(C)c4)s3)COC2)cc1. The smallest absolute Gasteiger partial charge is 0.250 e. The molecule has 45 heavy (non-hydrogen) atoms. The molecular weight excluding hydrogens is 634 g/mol. The lowest BCUT2D eigenvalue weighted by Crippen LogP contribution is -2.48. The van der Waals surface area contributed by atoms with E-state index in [1.165, 1.54) is 15.3 Å². The number of rotatable bonds is 9. The standard InChI is InChI=1S/C32H30ClN5O5S2/c1-31(14-23(33)6-9-27(31)22-15-36-37(2)17-22)45(39,40)38-13-11-26-25(10-12-34-29(26)38)28-16-35-30(44-28)32(19-42-20-32)43-18-21-4-7-24(41-3)8-5-21/h4-17,27H,18-20H2,1-3H3. The first-order chi connectivity index (χ1) is 21.6. The number of methoxy groups -OCH3 is 1. The molecular formula is C32H30ClN5O5S2. The predicted molar refractivity (Wildman–Crippen MR) is 173 cm³/mol. The second-order valence-electron chi connectivity index (χ2n) is 11.4. The van der Waals surface area contributed by atoms with Crippen molar-refractivity contribution in [2.24, 2.45) is 7.05 Å². The fourth-order valence-corrected chi connectivity index (χ4v) is 9.08. The van der Waals surface area contributed by atoms with E-state index in [1.807, 2.05) is 42.6 Å². The Morgan fingerprint density at radius 1 is 1.13 bits per heavy atom. The Bertz CT molecular complexity index is 2060. The van der Waals surface area contributed by atoms with Gasteiger partial charge in [-0.15, -0.1) is 11.3 Å². The molecule has 13 heteroatoms. The summed E-state index contributed by atoms with van der Waals surface area (Å²) in [4.78, 5) is 10.1. The lowest BCUT2D eigenvalue weighted by Gasteiger charge is -2.39. The Labute approximate surface area is 269 Å². The molecule has 2 unspecified atom stereocenters. The Balaban J connectivity index is 1.21. The van der Waals surface area contributed by atoms with Crippen LogP contribution in [0.3, 0.4) is 0 Å². The molecule has 2 aliphatic rings. The maximum Gasteiger partial charge on any atom is 0.250 e. The Hall–Kier alpha value is -3.81. The Morgan fingerprint density at radius 2 is 1.93 bits per heavy atom. The molecule has 1 saturated heterocycles. The number of nitrogens with zero attached hydrogens (tertiary/aromatic N) is 5. The minimum Gasteiger partial charge on any atom is -0.497 e. The molecule has 1 aliphatic heterocycles. The van der Waals surface area contributed by atoms with Gasteiger partial charge in [0.05, 0.1) is 38.0 Å². The van der Waals surface area contributed by atoms with Crippen molar-refractivity contribution >= 4 is 44.0 Å². The lowest BCUT2D eigenvalue weighted by atomic mass is 9.85. The highest BCUT2D eigenvalue weighted by Gasteiger charge is 2.48. The molecule has 0 bridgehead atoms. The first-order valence-corrected chi connectivity index (χ1v) is 16.8. The summed E-state index contributed by atoms with van der Waals surface area (Å²) >= 11 is 7.91. The monoisotopic (exact) mass is 663 g/mol. The second kappa shape index (κ2) is 11.2. The number of hydrogen-bond donors (Lipinski definition) is 0. The van der Waals surface area contributed by atoms with Gasteiger partial charge in [-0.1, -0.05) is 29.8 Å². The van der Waals surface area contributed by atoms with Crippen molar-refractivity contribution in [3.63, 3.8) is 0 Å². The molecule has 0 amide bonds. The second-order valence-corrected chi connectivity index (χ2v) is 15.1. The van der Waals surface area contributed by atoms with Crippen LogP contribution in [0, 0.1) is 0 Å². The van der Waals surface area contributed by atoms with Crippen LogP contribution in [0.1, 0.15) is 29.0 Å². The number of fused-ring (bicyclic) bond motifs is 1. The van der Waals surface area contributed by atoms with Crippen molar-refractivity contribution in [3.8, 4) is 16.2 Å². The third-order valence-corrected chi connectivity index (χ3v) is 12.2. The van der Waals surface area contributed by atoms with Crippen molar-refractivity contribution in [2.75, 3.05) is 20.3 Å². The van der Waals surface area contributed by atoms with Crippen molar-refractivity contribution in [2.45, 2.75) is 29.8 Å². The van der Waals surface area contributed by atoms with E-state index in [4.69, 9.17) is 30.8 Å². The van der Waals surface area contributed by atoms with Crippen LogP contribution >= 0.6 is 22.9 Å². The number of pyridine rings is 1. The number of halogens is 1. The van der Waals surface area contributed by atoms with Crippen LogP contribution in [0.15, 0.2) is 90.6 Å². The third-order valence-electron chi connectivity index (χ3n) is 8.45. The maximum atomic E-state index is 14.5. The van der Waals surface area contributed by atoms with Crippen LogP contribution in [-0.2, 0) is 38.8 Å². The summed E-state index contributed by atoms with van der Waals surface area (Å²) in [6.45, 7) is 2.88. The molecule has 0 radical (unpaired) electrons. The summed E-state index contributed by atoms with van der Waals surface area (Å²) in [7, 11) is -0.632. The minimum atomic E-state index is -4.07. The van der Waals surface area contributed by atoms with E-state index in [9.17, 15) is 8.42 Å². The summed E-state index contributed by atoms with van der Waals surface area (Å²) in [6.07, 6.45) is 13.6. The van der Waals surface area contributed by atoms with Crippen LogP contribution in [0.2, 0.25) is 0 Å². The molecule has 5 heterocycles. The molecule has 7 rings (SSSR count). The molecule has 0 spiro atoms. The van der Waals surface area contributed by atoms with Gasteiger partial charge >= 0.3 is 0 Å². The molecule has 5 aromatic rings. The average Bonchev–Trinajstić information content (AvgIpc) is 3.77. The number of benzene rings is 1. The number of aromatic nitrogens is 5. The maximum absolute atomic E-state index is 14.5. The van der Waals surface area contributed by atoms with Gasteiger partial charge in [-0.25, -0.2) is 22.4 Å². The van der Waals surface area contributed by atoms with Crippen molar-refractivity contribution < 1.29 is 22.6 Å². The van der Waals surface area contributed by atoms with Crippen LogP contribution in [0.25, 0.3) is 21.5 Å². The molecule has 1 fully saturated rings. The van der Waals surface area contributed by atoms with Crippen molar-refractivity contribution in [1.82, 2.24) is 23.7 Å². The zero-order valence-corrected chi connectivity index (χ0v) is 27.1. The van der Waals surface area contributed by atoms with Gasteiger partial charge in [0.25, 0.3) is 0 Å². The summed E-state index contributed by atoms with van der Waals surface area (Å²) in [5, 5.41) is 6.11. The van der Waals surface area contributed by atoms with Gasteiger partial charge in [0.1, 0.15) is 15.5 Å². The highest BCUT2D eigenvalue weighted by atomic mass is 35.5. The number of allylic oxidation sites excluding steroid dienone is 3. The van der Waals surface area contributed by atoms with Gasteiger partial charge in [-0.3, -0.25) is 4.68 Å². The number of aryl methyl sites for hydroxylation is 1. The molecule has 1 aliphatic carbocycles. The topological polar surface area (TPSA) is 110 Å². The van der Waals surface area contributed by atoms with Crippen LogP contribution in [0.4, 0.5) is 0 Å². The molecule has 1 aromatic carbocycles. The highest BCUT2D eigenvalue weighted by molar-refractivity contribution is 7.91. The number of ether oxygens (including phenoxy) is 3. The Kier molecular flexibility index (Phi) is 7.45. The summed E-state index contributed by atoms with van der Waals surface area (Å²) in [5.74, 6) is 0.274. The van der Waals surface area contributed by atoms with E-state index in [0.29, 0.717) is 35.9 Å². The molecule has 10 nitrogen and oxygen atoms in total. The van der Waals surface area contributed by atoms with Crippen LogP contribution < -0.4 is 4.74 Å². The molecule has 2 atom stereocenters. The number of thiazole rings is 1. The molecule has 0 N–H and O–H groups in total. The van der Waals surface area contributed by atoms with E-state index in [-0.39, 0.29) is 0 Å². The van der Waals surface area contributed by atoms with E-state index in [1.54, 1.807) is 68.8 Å². The zero-order valence-electron chi connectivity index (χ0n) is 24.8. The first kappa shape index (κ1) is 29.9. The summed E-state index contributed by atoms with van der Waals surface area (Å²) in [6, 6.07) is 11.4. The fourth-order valence-electron chi connectivity index (χ4n) is 5.81. The lowest BCUT2D eigenvalue weighted by molar-refractivity contribution is -0.222. The van der Waals surface area contributed by atoms with Gasteiger partial charge < -0.3 is 14.2 Å². The highest BCUT2D eigenvalue weighted by Crippen LogP contribution is 2.45. The molecule has 0 saturated carbocycles. The molecule has 232 valence electrons. The predicted octanol–water partition coefficient (Wildman–Crippen LogP) is 5.76. The molecule has 4 aromatic heterocycles. The van der Waals surface area contributed by atoms with Gasteiger partial charge in [0.2, 0.25) is 10.0 Å². The quantitative estimate of drug-likeness (QED) is 0.196. The van der Waals surface area contributed by atoms with Gasteiger partial charge in [0, 0.05) is 53.7 Å². The van der Waals surface area contributed by atoms with E-state index >= 15 is 0 Å². The van der Waals surface area contributed by atoms with Crippen LogP contribution in [-0.4, -0.2) is 57.2 Å². The van der Waals surface area contributed by atoms with Gasteiger partial charge in [0.15, 0.2) is 11.2 Å².